The van der Waals surface area contributed by atoms with Crippen molar-refractivity contribution in [1.82, 2.24) is 10.4 Å². The predicted octanol–water partition coefficient (Wildman–Crippen LogP) is 4.82. The molecule has 8 nitrogen and oxygen atoms in total. The number of benzene rings is 2. The number of hydrogen-bond acceptors (Lipinski definition) is 7. The number of thiazole rings is 1. The molecule has 3 aromatic rings. The maximum absolute atomic E-state index is 12.8. The van der Waals surface area contributed by atoms with Crippen LogP contribution in [0.3, 0.4) is 0 Å². The number of hydrazone groups is 1. The highest BCUT2D eigenvalue weighted by atomic mass is 79.9. The first-order valence-corrected chi connectivity index (χ1v) is 11.1. The fraction of sp³-hybridized carbons (Fsp3) is 0.143. The first kappa shape index (κ1) is 25.2. The Hall–Kier alpha value is -3.45. The lowest BCUT2D eigenvalue weighted by molar-refractivity contribution is -0.139. The minimum atomic E-state index is -4.46. The minimum absolute atomic E-state index is 0.112. The second-order valence-corrected chi connectivity index (χ2v) is 8.46. The second kappa shape index (κ2) is 11.1. The third-order valence-corrected chi connectivity index (χ3v) is 5.35. The summed E-state index contributed by atoms with van der Waals surface area (Å²) in [5.74, 6) is -1.34. The molecule has 0 unspecified atom stereocenters. The summed E-state index contributed by atoms with van der Waals surface area (Å²) in [6.45, 7) is -0.532. The van der Waals surface area contributed by atoms with Crippen LogP contribution in [0, 0.1) is 0 Å². The standard InChI is InChI=1S/C21H16BrF3N4O4S/c22-14-4-5-17(33-10-19(31)32)12(6-14)9-26-29-18(30)8-16-11-34-20(28-16)27-15-3-1-2-13(7-15)21(23,24)25/h1-7,9,11H,8,10H2,(H,27,28)(H,29,30)(H,31,32)/b26-9-. The van der Waals surface area contributed by atoms with Crippen LogP contribution in [0.1, 0.15) is 16.8 Å². The fourth-order valence-corrected chi connectivity index (χ4v) is 3.72. The topological polar surface area (TPSA) is 113 Å². The lowest BCUT2D eigenvalue weighted by atomic mass is 10.2. The van der Waals surface area contributed by atoms with Crippen molar-refractivity contribution >= 4 is 56.2 Å². The molecule has 0 fully saturated rings. The van der Waals surface area contributed by atoms with Crippen molar-refractivity contribution in [2.45, 2.75) is 12.6 Å². The molecular weight excluding hydrogens is 541 g/mol. The average Bonchev–Trinajstić information content (AvgIpc) is 3.19. The maximum atomic E-state index is 12.8. The van der Waals surface area contributed by atoms with E-state index in [9.17, 15) is 22.8 Å². The van der Waals surface area contributed by atoms with Gasteiger partial charge in [0, 0.05) is 21.1 Å². The lowest BCUT2D eigenvalue weighted by Crippen LogP contribution is -2.20. The van der Waals surface area contributed by atoms with Gasteiger partial charge in [0.15, 0.2) is 11.7 Å². The summed E-state index contributed by atoms with van der Waals surface area (Å²) in [5, 5.41) is 17.3. The van der Waals surface area contributed by atoms with E-state index in [2.05, 4.69) is 36.8 Å². The highest BCUT2D eigenvalue weighted by Crippen LogP contribution is 2.31. The highest BCUT2D eigenvalue weighted by molar-refractivity contribution is 9.10. The van der Waals surface area contributed by atoms with Crippen LogP contribution in [0.2, 0.25) is 0 Å². The van der Waals surface area contributed by atoms with Gasteiger partial charge in [0.1, 0.15) is 5.75 Å². The summed E-state index contributed by atoms with van der Waals surface area (Å²) in [6.07, 6.45) is -3.26. The number of anilines is 2. The van der Waals surface area contributed by atoms with E-state index in [-0.39, 0.29) is 17.9 Å². The van der Waals surface area contributed by atoms with Crippen molar-refractivity contribution in [3.63, 3.8) is 0 Å². The van der Waals surface area contributed by atoms with Gasteiger partial charge in [0.05, 0.1) is 23.9 Å². The molecule has 178 valence electrons. The molecule has 1 amide bonds. The van der Waals surface area contributed by atoms with Gasteiger partial charge in [0.2, 0.25) is 5.91 Å². The first-order chi connectivity index (χ1) is 16.1. The Balaban J connectivity index is 1.57. The number of ether oxygens (including phenoxy) is 1. The number of hydrogen-bond donors (Lipinski definition) is 3. The summed E-state index contributed by atoms with van der Waals surface area (Å²) < 4.78 is 44.4. The number of halogens is 4. The van der Waals surface area contributed by atoms with Gasteiger partial charge >= 0.3 is 12.1 Å². The minimum Gasteiger partial charge on any atom is -0.481 e. The molecule has 3 rings (SSSR count). The Morgan fingerprint density at radius 3 is 2.76 bits per heavy atom. The van der Waals surface area contributed by atoms with Crippen LogP contribution in [-0.2, 0) is 22.2 Å². The molecular formula is C21H16BrF3N4O4S. The molecule has 0 radical (unpaired) electrons. The molecule has 3 N–H and O–H groups in total. The first-order valence-electron chi connectivity index (χ1n) is 9.45. The van der Waals surface area contributed by atoms with Crippen LogP contribution in [0.5, 0.6) is 5.75 Å². The summed E-state index contributed by atoms with van der Waals surface area (Å²) in [4.78, 5) is 27.1. The van der Waals surface area contributed by atoms with Crippen LogP contribution >= 0.6 is 27.3 Å². The maximum Gasteiger partial charge on any atom is 0.416 e. The van der Waals surface area contributed by atoms with Crippen LogP contribution in [0.4, 0.5) is 24.0 Å². The van der Waals surface area contributed by atoms with E-state index in [4.69, 9.17) is 9.84 Å². The van der Waals surface area contributed by atoms with Crippen molar-refractivity contribution in [3.8, 4) is 5.75 Å². The van der Waals surface area contributed by atoms with Crippen LogP contribution in [-0.4, -0.2) is 34.8 Å². The third-order valence-electron chi connectivity index (χ3n) is 4.05. The Kier molecular flexibility index (Phi) is 8.23. The zero-order valence-corrected chi connectivity index (χ0v) is 19.5. The number of aliphatic carboxylic acids is 1. The molecule has 0 aliphatic rings. The van der Waals surface area contributed by atoms with E-state index in [1.54, 1.807) is 23.6 Å². The number of amides is 1. The van der Waals surface area contributed by atoms with Gasteiger partial charge in [-0.15, -0.1) is 11.3 Å². The van der Waals surface area contributed by atoms with Gasteiger partial charge in [-0.2, -0.15) is 18.3 Å². The Bertz CT molecular complexity index is 1220. The molecule has 0 saturated carbocycles. The molecule has 0 bridgehead atoms. The molecule has 0 spiro atoms. The number of carbonyl (C=O) groups is 2. The largest absolute Gasteiger partial charge is 0.481 e. The smallest absolute Gasteiger partial charge is 0.416 e. The molecule has 0 aliphatic heterocycles. The van der Waals surface area contributed by atoms with E-state index in [0.29, 0.717) is 20.9 Å². The average molecular weight is 557 g/mol. The summed E-state index contributed by atoms with van der Waals surface area (Å²) in [7, 11) is 0. The number of carboxylic acids is 1. The van der Waals surface area contributed by atoms with Crippen LogP contribution in [0.25, 0.3) is 0 Å². The van der Waals surface area contributed by atoms with Crippen molar-refractivity contribution < 1.29 is 32.6 Å². The number of carbonyl (C=O) groups excluding carboxylic acids is 1. The number of alkyl halides is 3. The molecule has 13 heteroatoms. The summed E-state index contributed by atoms with van der Waals surface area (Å²) in [6, 6.07) is 9.57. The van der Waals surface area contributed by atoms with Crippen LogP contribution in [0.15, 0.2) is 57.4 Å². The van der Waals surface area contributed by atoms with Crippen molar-refractivity contribution in [2.75, 3.05) is 11.9 Å². The highest BCUT2D eigenvalue weighted by Gasteiger charge is 2.30. The zero-order chi connectivity index (χ0) is 24.7. The van der Waals surface area contributed by atoms with Gasteiger partial charge in [-0.25, -0.2) is 15.2 Å². The van der Waals surface area contributed by atoms with Gasteiger partial charge < -0.3 is 15.2 Å². The number of rotatable bonds is 9. The van der Waals surface area contributed by atoms with E-state index in [0.717, 1.165) is 23.5 Å². The van der Waals surface area contributed by atoms with Gasteiger partial charge in [-0.1, -0.05) is 22.0 Å². The van der Waals surface area contributed by atoms with Crippen molar-refractivity contribution in [1.29, 1.82) is 0 Å². The summed E-state index contributed by atoms with van der Waals surface area (Å²) >= 11 is 4.43. The Labute approximate surface area is 203 Å². The van der Waals surface area contributed by atoms with E-state index < -0.39 is 30.2 Å². The van der Waals surface area contributed by atoms with Gasteiger partial charge in [-0.3, -0.25) is 4.79 Å². The molecule has 0 aliphatic carbocycles. The van der Waals surface area contributed by atoms with Gasteiger partial charge in [0.25, 0.3) is 0 Å². The van der Waals surface area contributed by atoms with Gasteiger partial charge in [-0.05, 0) is 36.4 Å². The predicted molar refractivity (Wildman–Crippen MR) is 124 cm³/mol. The fourth-order valence-electron chi connectivity index (χ4n) is 2.61. The lowest BCUT2D eigenvalue weighted by Gasteiger charge is -2.08. The summed E-state index contributed by atoms with van der Waals surface area (Å²) in [5.41, 5.74) is 2.62. The normalized spacial score (nSPS) is 11.4. The third kappa shape index (κ3) is 7.56. The Morgan fingerprint density at radius 1 is 1.24 bits per heavy atom. The number of carboxylic acid groups (broad SMARTS) is 1. The van der Waals surface area contributed by atoms with E-state index in [1.165, 1.54) is 18.3 Å². The van der Waals surface area contributed by atoms with Crippen molar-refractivity contribution in [2.24, 2.45) is 5.10 Å². The quantitative estimate of drug-likeness (QED) is 0.257. The molecule has 1 heterocycles. The molecule has 0 saturated heterocycles. The monoisotopic (exact) mass is 556 g/mol. The second-order valence-electron chi connectivity index (χ2n) is 6.68. The number of aromatic nitrogens is 1. The van der Waals surface area contributed by atoms with Crippen molar-refractivity contribution in [3.05, 3.63) is 69.1 Å². The van der Waals surface area contributed by atoms with E-state index >= 15 is 0 Å². The van der Waals surface area contributed by atoms with E-state index in [1.807, 2.05) is 0 Å². The SMILES string of the molecule is O=C(O)COc1ccc(Br)cc1/C=N\NC(=O)Cc1csc(Nc2cccc(C(F)(F)F)c2)n1. The zero-order valence-electron chi connectivity index (χ0n) is 17.1. The van der Waals surface area contributed by atoms with Crippen LogP contribution < -0.4 is 15.5 Å². The number of nitrogens with zero attached hydrogens (tertiary/aromatic N) is 2. The molecule has 0 atom stereocenters. The Morgan fingerprint density at radius 2 is 2.03 bits per heavy atom. The molecule has 34 heavy (non-hydrogen) atoms. The molecule has 2 aromatic carbocycles. The number of nitrogens with one attached hydrogen (secondary N) is 2. The molecule has 1 aromatic heterocycles.